The third kappa shape index (κ3) is 5.76. The van der Waals surface area contributed by atoms with Crippen molar-refractivity contribution in [2.45, 2.75) is 13.5 Å². The zero-order chi connectivity index (χ0) is 15.8. The molecule has 0 aliphatic heterocycles. The molecule has 22 heavy (non-hydrogen) atoms. The van der Waals surface area contributed by atoms with Crippen molar-refractivity contribution in [3.8, 4) is 5.75 Å². The Balaban J connectivity index is 1.89. The lowest BCUT2D eigenvalue weighted by molar-refractivity contribution is 0.110. The molecule has 2 rings (SSSR count). The highest BCUT2D eigenvalue weighted by molar-refractivity contribution is 6.34. The minimum absolute atomic E-state index is 0.543. The minimum atomic E-state index is 0.543. The minimum Gasteiger partial charge on any atom is -0.491 e. The van der Waals surface area contributed by atoms with E-state index in [9.17, 15) is 0 Å². The van der Waals surface area contributed by atoms with Crippen LogP contribution in [0.25, 0.3) is 0 Å². The molecule has 0 aromatic heterocycles. The molecular formula is C17H19Cl2NO2. The Labute approximate surface area is 141 Å². The summed E-state index contributed by atoms with van der Waals surface area (Å²) < 4.78 is 10.9. The van der Waals surface area contributed by atoms with Crippen LogP contribution in [0.4, 0.5) is 5.69 Å². The van der Waals surface area contributed by atoms with Gasteiger partial charge in [0.05, 0.1) is 6.61 Å². The van der Waals surface area contributed by atoms with Crippen molar-refractivity contribution in [1.82, 2.24) is 0 Å². The Morgan fingerprint density at radius 1 is 1.00 bits per heavy atom. The lowest BCUT2D eigenvalue weighted by Crippen LogP contribution is -2.06. The number of benzene rings is 2. The number of ether oxygens (including phenoxy) is 2. The fourth-order valence-corrected chi connectivity index (χ4v) is 2.55. The van der Waals surface area contributed by atoms with E-state index < -0.39 is 0 Å². The molecule has 5 heteroatoms. The first-order chi connectivity index (χ1) is 10.7. The predicted molar refractivity (Wildman–Crippen MR) is 92.2 cm³/mol. The highest BCUT2D eigenvalue weighted by Gasteiger charge is 2.00. The highest BCUT2D eigenvalue weighted by atomic mass is 35.5. The molecule has 0 spiro atoms. The summed E-state index contributed by atoms with van der Waals surface area (Å²) >= 11 is 12.0. The number of halogens is 2. The van der Waals surface area contributed by atoms with Crippen molar-refractivity contribution in [3.05, 3.63) is 58.1 Å². The molecule has 0 amide bonds. The standard InChI is InChI=1S/C17H19Cl2NO2/c1-2-21-6-7-22-17-5-3-4-16(11-17)20-12-13-8-14(18)10-15(19)9-13/h3-5,8-11,20H,2,6-7,12H2,1H3. The topological polar surface area (TPSA) is 30.5 Å². The van der Waals surface area contributed by atoms with Crippen LogP contribution in [-0.2, 0) is 11.3 Å². The average Bonchev–Trinajstić information content (AvgIpc) is 2.49. The van der Waals surface area contributed by atoms with Gasteiger partial charge in [0, 0.05) is 35.0 Å². The van der Waals surface area contributed by atoms with E-state index >= 15 is 0 Å². The molecule has 0 saturated heterocycles. The monoisotopic (exact) mass is 339 g/mol. The summed E-state index contributed by atoms with van der Waals surface area (Å²) in [5.74, 6) is 0.814. The second-order valence-corrected chi connectivity index (χ2v) is 5.58. The first-order valence-corrected chi connectivity index (χ1v) is 7.92. The van der Waals surface area contributed by atoms with Gasteiger partial charge >= 0.3 is 0 Å². The van der Waals surface area contributed by atoms with E-state index in [4.69, 9.17) is 32.7 Å². The third-order valence-electron chi connectivity index (χ3n) is 2.95. The number of hydrogen-bond donors (Lipinski definition) is 1. The van der Waals surface area contributed by atoms with E-state index in [1.54, 1.807) is 6.07 Å². The van der Waals surface area contributed by atoms with Crippen molar-refractivity contribution >= 4 is 28.9 Å². The molecule has 2 aromatic rings. The number of anilines is 1. The summed E-state index contributed by atoms with van der Waals surface area (Å²) in [4.78, 5) is 0. The predicted octanol–water partition coefficient (Wildman–Crippen LogP) is 5.02. The quantitative estimate of drug-likeness (QED) is 0.685. The molecule has 0 saturated carbocycles. The Morgan fingerprint density at radius 3 is 2.50 bits per heavy atom. The van der Waals surface area contributed by atoms with Crippen molar-refractivity contribution in [3.63, 3.8) is 0 Å². The molecule has 1 N–H and O–H groups in total. The molecule has 0 bridgehead atoms. The van der Waals surface area contributed by atoms with Crippen molar-refractivity contribution < 1.29 is 9.47 Å². The zero-order valence-corrected chi connectivity index (χ0v) is 14.0. The molecular weight excluding hydrogens is 321 g/mol. The molecule has 2 aromatic carbocycles. The van der Waals surface area contributed by atoms with E-state index in [0.29, 0.717) is 36.4 Å². The first-order valence-electron chi connectivity index (χ1n) is 7.17. The van der Waals surface area contributed by atoms with Gasteiger partial charge in [0.1, 0.15) is 12.4 Å². The Hall–Kier alpha value is -1.42. The van der Waals surface area contributed by atoms with Crippen LogP contribution in [-0.4, -0.2) is 19.8 Å². The van der Waals surface area contributed by atoms with Gasteiger partial charge in [-0.1, -0.05) is 29.3 Å². The third-order valence-corrected chi connectivity index (χ3v) is 3.39. The smallest absolute Gasteiger partial charge is 0.121 e. The maximum atomic E-state index is 6.00. The fraction of sp³-hybridized carbons (Fsp3) is 0.294. The Morgan fingerprint density at radius 2 is 1.77 bits per heavy atom. The van der Waals surface area contributed by atoms with Crippen LogP contribution >= 0.6 is 23.2 Å². The molecule has 0 radical (unpaired) electrons. The van der Waals surface area contributed by atoms with Crippen LogP contribution in [0, 0.1) is 0 Å². The lowest BCUT2D eigenvalue weighted by atomic mass is 10.2. The van der Waals surface area contributed by atoms with Crippen molar-refractivity contribution in [2.75, 3.05) is 25.1 Å². The molecule has 0 atom stereocenters. The maximum Gasteiger partial charge on any atom is 0.121 e. The van der Waals surface area contributed by atoms with Gasteiger partial charge in [0.25, 0.3) is 0 Å². The molecule has 118 valence electrons. The molecule has 0 aliphatic rings. The lowest BCUT2D eigenvalue weighted by Gasteiger charge is -2.10. The normalized spacial score (nSPS) is 10.5. The van der Waals surface area contributed by atoms with Crippen LogP contribution in [0.5, 0.6) is 5.75 Å². The molecule has 0 aliphatic carbocycles. The molecule has 0 heterocycles. The zero-order valence-electron chi connectivity index (χ0n) is 12.4. The van der Waals surface area contributed by atoms with E-state index in [2.05, 4.69) is 5.32 Å². The first kappa shape index (κ1) is 16.9. The average molecular weight is 340 g/mol. The van der Waals surface area contributed by atoms with E-state index in [-0.39, 0.29) is 0 Å². The van der Waals surface area contributed by atoms with Crippen LogP contribution in [0.1, 0.15) is 12.5 Å². The van der Waals surface area contributed by atoms with Crippen LogP contribution in [0.3, 0.4) is 0 Å². The summed E-state index contributed by atoms with van der Waals surface area (Å²) in [6.07, 6.45) is 0. The summed E-state index contributed by atoms with van der Waals surface area (Å²) in [7, 11) is 0. The van der Waals surface area contributed by atoms with Crippen molar-refractivity contribution in [1.29, 1.82) is 0 Å². The van der Waals surface area contributed by atoms with Gasteiger partial charge in [-0.2, -0.15) is 0 Å². The number of nitrogens with one attached hydrogen (secondary N) is 1. The Bertz CT molecular complexity index is 585. The Kier molecular flexibility index (Phi) is 6.84. The van der Waals surface area contributed by atoms with Gasteiger partial charge in [0.2, 0.25) is 0 Å². The van der Waals surface area contributed by atoms with Gasteiger partial charge in [0.15, 0.2) is 0 Å². The molecule has 3 nitrogen and oxygen atoms in total. The highest BCUT2D eigenvalue weighted by Crippen LogP contribution is 2.21. The van der Waals surface area contributed by atoms with Crippen molar-refractivity contribution in [2.24, 2.45) is 0 Å². The van der Waals surface area contributed by atoms with E-state index in [1.165, 1.54) is 0 Å². The number of hydrogen-bond acceptors (Lipinski definition) is 3. The largest absolute Gasteiger partial charge is 0.491 e. The van der Waals surface area contributed by atoms with Crippen LogP contribution in [0.15, 0.2) is 42.5 Å². The van der Waals surface area contributed by atoms with E-state index in [1.807, 2.05) is 43.3 Å². The van der Waals surface area contributed by atoms with Gasteiger partial charge in [-0.3, -0.25) is 0 Å². The second-order valence-electron chi connectivity index (χ2n) is 4.70. The fourth-order valence-electron chi connectivity index (χ4n) is 1.98. The van der Waals surface area contributed by atoms with E-state index in [0.717, 1.165) is 17.0 Å². The van der Waals surface area contributed by atoms with Gasteiger partial charge in [-0.05, 0) is 42.8 Å². The molecule has 0 fully saturated rings. The van der Waals surface area contributed by atoms with Gasteiger partial charge in [-0.15, -0.1) is 0 Å². The second kappa shape index (κ2) is 8.89. The SMILES string of the molecule is CCOCCOc1cccc(NCc2cc(Cl)cc(Cl)c2)c1. The summed E-state index contributed by atoms with van der Waals surface area (Å²) in [5.41, 5.74) is 2.00. The van der Waals surface area contributed by atoms with Gasteiger partial charge in [-0.25, -0.2) is 0 Å². The molecule has 0 unspecified atom stereocenters. The summed E-state index contributed by atoms with van der Waals surface area (Å²) in [6.45, 7) is 4.44. The number of rotatable bonds is 8. The van der Waals surface area contributed by atoms with Gasteiger partial charge < -0.3 is 14.8 Å². The summed E-state index contributed by atoms with van der Waals surface area (Å²) in [6, 6.07) is 13.3. The van der Waals surface area contributed by atoms with Crippen LogP contribution in [0.2, 0.25) is 10.0 Å². The maximum absolute atomic E-state index is 6.00. The van der Waals surface area contributed by atoms with Crippen LogP contribution < -0.4 is 10.1 Å². The summed E-state index contributed by atoms with van der Waals surface area (Å²) in [5, 5.41) is 4.60.